The molecule has 28 heavy (non-hydrogen) atoms. The molecule has 4 aliphatic rings. The first-order valence-electron chi connectivity index (χ1n) is 10.0. The lowest BCUT2D eigenvalue weighted by Crippen LogP contribution is -2.69. The van der Waals surface area contributed by atoms with E-state index in [1.807, 2.05) is 0 Å². The van der Waals surface area contributed by atoms with Crippen LogP contribution in [0.1, 0.15) is 18.4 Å². The van der Waals surface area contributed by atoms with E-state index >= 15 is 0 Å². The van der Waals surface area contributed by atoms with E-state index < -0.39 is 12.1 Å². The third kappa shape index (κ3) is 2.75. The van der Waals surface area contributed by atoms with Crippen LogP contribution >= 0.6 is 0 Å². The summed E-state index contributed by atoms with van der Waals surface area (Å²) in [6.07, 6.45) is 4.14. The van der Waals surface area contributed by atoms with Crippen LogP contribution in [0.4, 0.5) is 0 Å². The summed E-state index contributed by atoms with van der Waals surface area (Å²) in [5, 5.41) is 5.03. The molecule has 0 spiro atoms. The molecule has 1 aliphatic carbocycles. The predicted octanol–water partition coefficient (Wildman–Crippen LogP) is 2.95. The van der Waals surface area contributed by atoms with Crippen LogP contribution in [0, 0.1) is 11.8 Å². The van der Waals surface area contributed by atoms with E-state index in [1.165, 1.54) is 16.5 Å². The Morgan fingerprint density at radius 2 is 2.18 bits per heavy atom. The van der Waals surface area contributed by atoms with Crippen molar-refractivity contribution in [1.29, 1.82) is 0 Å². The number of nitrogens with one attached hydrogen (secondary N) is 2. The summed E-state index contributed by atoms with van der Waals surface area (Å²) < 4.78 is 23.6. The monoisotopic (exact) mass is 384 g/mol. The Hall–Kier alpha value is -1.70. The second kappa shape index (κ2) is 6.97. The number of aromatic nitrogens is 1. The Kier molecular flexibility index (Phi) is 4.56. The number of ether oxygens (including phenoxy) is 4. The van der Waals surface area contributed by atoms with Crippen molar-refractivity contribution in [3.63, 3.8) is 0 Å². The quantitative estimate of drug-likeness (QED) is 0.750. The zero-order valence-corrected chi connectivity index (χ0v) is 16.4. The summed E-state index contributed by atoms with van der Waals surface area (Å²) in [5.41, 5.74) is 3.54. The molecule has 2 aromatic rings. The van der Waals surface area contributed by atoms with Gasteiger partial charge in [-0.2, -0.15) is 0 Å². The minimum atomic E-state index is -0.674. The largest absolute Gasteiger partial charge is 0.361 e. The van der Waals surface area contributed by atoms with Crippen molar-refractivity contribution in [1.82, 2.24) is 10.3 Å². The van der Waals surface area contributed by atoms with E-state index in [0.29, 0.717) is 6.04 Å². The molecule has 6 rings (SSSR count). The van der Waals surface area contributed by atoms with E-state index in [-0.39, 0.29) is 18.1 Å². The average Bonchev–Trinajstić information content (AvgIpc) is 3.14. The van der Waals surface area contributed by atoms with Gasteiger partial charge in [0.1, 0.15) is 0 Å². The van der Waals surface area contributed by atoms with Gasteiger partial charge in [0.05, 0.1) is 5.92 Å². The van der Waals surface area contributed by atoms with Crippen LogP contribution in [-0.2, 0) is 25.4 Å². The van der Waals surface area contributed by atoms with Crippen molar-refractivity contribution in [2.45, 2.75) is 43.7 Å². The van der Waals surface area contributed by atoms with Crippen molar-refractivity contribution in [2.75, 3.05) is 20.8 Å². The Morgan fingerprint density at radius 1 is 1.32 bits per heavy atom. The van der Waals surface area contributed by atoms with Gasteiger partial charge >= 0.3 is 0 Å². The second-order valence-corrected chi connectivity index (χ2v) is 8.11. The Balaban J connectivity index is 1.28. The molecule has 1 aromatic carbocycles. The smallest absolute Gasteiger partial charge is 0.186 e. The first-order valence-corrected chi connectivity index (χ1v) is 10.0. The minimum Gasteiger partial charge on any atom is -0.361 e. The molecule has 4 bridgehead atoms. The van der Waals surface area contributed by atoms with Crippen LogP contribution in [0.2, 0.25) is 0 Å². The molecule has 1 saturated carbocycles. The normalized spacial score (nSPS) is 36.9. The van der Waals surface area contributed by atoms with Crippen LogP contribution in [0.5, 0.6) is 0 Å². The standard InChI is InChI=1S/C22H28N2O4/c1-13-17-10-15(11-22(26-3)19(17)21(25-2)27-20(13)28-22)23-9-8-14-12-24-18-7-5-4-6-16(14)18/h4-7,12,15,17,19-21,23-24H,1,8-11H2,2-3H3/t15-,17-,19+,20-,21+,22+/m0/s1. The fourth-order valence-electron chi connectivity index (χ4n) is 5.36. The van der Waals surface area contributed by atoms with Crippen LogP contribution in [0.15, 0.2) is 42.6 Å². The molecule has 6 heteroatoms. The highest BCUT2D eigenvalue weighted by atomic mass is 16.8. The SMILES string of the molecule is C=C1[C@H]2O[C@@H](OC)[C@H]3[C@H]1C[C@H](NCCc1c[nH]c4ccccc14)C[C@@]3(OC)O2. The third-order valence-corrected chi connectivity index (χ3v) is 6.73. The second-order valence-electron chi connectivity index (χ2n) is 8.11. The Labute approximate surface area is 165 Å². The van der Waals surface area contributed by atoms with Crippen molar-refractivity contribution >= 4 is 10.9 Å². The summed E-state index contributed by atoms with van der Waals surface area (Å²) in [7, 11) is 3.41. The van der Waals surface area contributed by atoms with Gasteiger partial charge in [-0.25, -0.2) is 0 Å². The fourth-order valence-corrected chi connectivity index (χ4v) is 5.36. The fraction of sp³-hybridized carbons (Fsp3) is 0.545. The molecule has 2 N–H and O–H groups in total. The summed E-state index contributed by atoms with van der Waals surface area (Å²) in [4.78, 5) is 3.35. The molecule has 4 fully saturated rings. The van der Waals surface area contributed by atoms with E-state index in [1.54, 1.807) is 14.2 Å². The molecular weight excluding hydrogens is 356 g/mol. The molecule has 6 nitrogen and oxygen atoms in total. The van der Waals surface area contributed by atoms with Crippen molar-refractivity contribution < 1.29 is 18.9 Å². The molecule has 150 valence electrons. The summed E-state index contributed by atoms with van der Waals surface area (Å²) in [6, 6.07) is 8.74. The molecule has 3 aliphatic heterocycles. The third-order valence-electron chi connectivity index (χ3n) is 6.73. The number of benzene rings is 1. The highest BCUT2D eigenvalue weighted by Gasteiger charge is 2.64. The van der Waals surface area contributed by atoms with Crippen LogP contribution in [0.25, 0.3) is 10.9 Å². The average molecular weight is 384 g/mol. The summed E-state index contributed by atoms with van der Waals surface area (Å²) >= 11 is 0. The van der Waals surface area contributed by atoms with Gasteiger partial charge in [0.15, 0.2) is 18.4 Å². The molecular formula is C22H28N2O4. The predicted molar refractivity (Wildman–Crippen MR) is 106 cm³/mol. The molecule has 0 amide bonds. The Morgan fingerprint density at radius 3 is 3.00 bits per heavy atom. The highest BCUT2D eigenvalue weighted by molar-refractivity contribution is 5.83. The maximum Gasteiger partial charge on any atom is 0.186 e. The van der Waals surface area contributed by atoms with Gasteiger partial charge in [-0.3, -0.25) is 0 Å². The van der Waals surface area contributed by atoms with Gasteiger partial charge in [0, 0.05) is 43.8 Å². The number of para-hydroxylation sites is 1. The van der Waals surface area contributed by atoms with E-state index in [2.05, 4.69) is 47.3 Å². The van der Waals surface area contributed by atoms with Crippen LogP contribution in [0.3, 0.4) is 0 Å². The van der Waals surface area contributed by atoms with Gasteiger partial charge in [-0.15, -0.1) is 0 Å². The maximum atomic E-state index is 6.21. The van der Waals surface area contributed by atoms with Crippen LogP contribution < -0.4 is 5.32 Å². The molecule has 3 saturated heterocycles. The number of methoxy groups -OCH3 is 2. The zero-order chi connectivity index (χ0) is 19.3. The lowest BCUT2D eigenvalue weighted by molar-refractivity contribution is -0.445. The minimum absolute atomic E-state index is 0.0201. The summed E-state index contributed by atoms with van der Waals surface area (Å²) in [5.74, 6) is -0.380. The van der Waals surface area contributed by atoms with Crippen molar-refractivity contribution in [2.24, 2.45) is 11.8 Å². The van der Waals surface area contributed by atoms with E-state index in [4.69, 9.17) is 18.9 Å². The first-order chi connectivity index (χ1) is 13.6. The topological polar surface area (TPSA) is 64.7 Å². The van der Waals surface area contributed by atoms with Crippen LogP contribution in [-0.4, -0.2) is 50.2 Å². The zero-order valence-electron chi connectivity index (χ0n) is 16.4. The number of H-pyrrole nitrogens is 1. The highest BCUT2D eigenvalue weighted by Crippen LogP contribution is 2.56. The number of hydrogen-bond acceptors (Lipinski definition) is 5. The van der Waals surface area contributed by atoms with Gasteiger partial charge < -0.3 is 29.2 Å². The Bertz CT molecular complexity index is 880. The summed E-state index contributed by atoms with van der Waals surface area (Å²) in [6.45, 7) is 5.15. The van der Waals surface area contributed by atoms with Crippen molar-refractivity contribution in [3.05, 3.63) is 48.2 Å². The first kappa shape index (κ1) is 18.3. The van der Waals surface area contributed by atoms with Crippen molar-refractivity contribution in [3.8, 4) is 0 Å². The van der Waals surface area contributed by atoms with Gasteiger partial charge in [-0.05, 0) is 42.5 Å². The maximum absolute atomic E-state index is 6.21. The lowest BCUT2D eigenvalue weighted by Gasteiger charge is -2.61. The number of rotatable bonds is 6. The van der Waals surface area contributed by atoms with Gasteiger partial charge in [-0.1, -0.05) is 24.8 Å². The number of aromatic amines is 1. The lowest BCUT2D eigenvalue weighted by atomic mass is 9.66. The number of fused-ring (bicyclic) bond motifs is 2. The molecule has 4 heterocycles. The molecule has 0 unspecified atom stereocenters. The molecule has 1 aromatic heterocycles. The number of hydrogen-bond donors (Lipinski definition) is 2. The molecule has 6 atom stereocenters. The van der Waals surface area contributed by atoms with Gasteiger partial charge in [0.2, 0.25) is 0 Å². The van der Waals surface area contributed by atoms with Gasteiger partial charge in [0.25, 0.3) is 0 Å². The van der Waals surface area contributed by atoms with E-state index in [9.17, 15) is 0 Å². The van der Waals surface area contributed by atoms with E-state index in [0.717, 1.165) is 31.4 Å². The molecule has 0 radical (unpaired) electrons.